The zero-order chi connectivity index (χ0) is 6.69. The summed E-state index contributed by atoms with van der Waals surface area (Å²) in [4.78, 5) is 4.03. The molecule has 4 N–H and O–H groups in total. The highest BCUT2D eigenvalue weighted by Crippen LogP contribution is 2.02. The van der Waals surface area contributed by atoms with Gasteiger partial charge in [0.1, 0.15) is 11.6 Å². The smallest absolute Gasteiger partial charge is 0.129 e. The van der Waals surface area contributed by atoms with E-state index >= 15 is 0 Å². The van der Waals surface area contributed by atoms with Crippen molar-refractivity contribution in [3.63, 3.8) is 0 Å². The van der Waals surface area contributed by atoms with Gasteiger partial charge < -0.3 is 15.3 Å². The zero-order valence-electron chi connectivity index (χ0n) is 5.09. The van der Waals surface area contributed by atoms with Crippen molar-refractivity contribution < 1.29 is 15.3 Å². The van der Waals surface area contributed by atoms with E-state index in [0.717, 1.165) is 25.1 Å². The second-order valence-corrected chi connectivity index (χ2v) is 2.03. The summed E-state index contributed by atoms with van der Waals surface area (Å²) in [5.74, 6) is 4.28. The molecule has 1 rings (SSSR count). The van der Waals surface area contributed by atoms with Gasteiger partial charge in [-0.05, 0) is 0 Å². The minimum Gasteiger partial charge on any atom is -0.545 e. The van der Waals surface area contributed by atoms with Crippen molar-refractivity contribution in [1.82, 2.24) is 0 Å². The van der Waals surface area contributed by atoms with E-state index in [9.17, 15) is 5.11 Å². The molecule has 1 fully saturated rings. The summed E-state index contributed by atoms with van der Waals surface area (Å²) in [6, 6.07) is 0. The van der Waals surface area contributed by atoms with Crippen molar-refractivity contribution in [1.29, 1.82) is 0 Å². The number of hydrogen-bond acceptors (Lipinski definition) is 3. The summed E-state index contributed by atoms with van der Waals surface area (Å²) in [6.45, 7) is 0.977. The third kappa shape index (κ3) is 1.34. The lowest BCUT2D eigenvalue weighted by Gasteiger charge is -2.08. The molecular formula is C5H10N2O2. The molecule has 4 heteroatoms. The van der Waals surface area contributed by atoms with Gasteiger partial charge >= 0.3 is 0 Å². The van der Waals surface area contributed by atoms with Crippen LogP contribution in [0.1, 0.15) is 12.8 Å². The highest BCUT2D eigenvalue weighted by atomic mass is 16.7. The predicted molar refractivity (Wildman–Crippen MR) is 28.3 cm³/mol. The van der Waals surface area contributed by atoms with E-state index in [1.54, 1.807) is 0 Å². The van der Waals surface area contributed by atoms with E-state index < -0.39 is 0 Å². The fourth-order valence-electron chi connectivity index (χ4n) is 0.932. The quantitative estimate of drug-likeness (QED) is 0.311. The molecule has 0 radical (unpaired) electrons. The summed E-state index contributed by atoms with van der Waals surface area (Å²) >= 11 is 0. The Morgan fingerprint density at radius 2 is 2.56 bits per heavy atom. The van der Waals surface area contributed by atoms with Gasteiger partial charge in [-0.3, -0.25) is 5.90 Å². The maximum absolute atomic E-state index is 10.6. The van der Waals surface area contributed by atoms with E-state index in [2.05, 4.69) is 10.7 Å². The second kappa shape index (κ2) is 2.70. The Hall–Kier alpha value is -0.740. The molecule has 0 aromatic heterocycles. The van der Waals surface area contributed by atoms with E-state index in [4.69, 9.17) is 0 Å². The lowest BCUT2D eigenvalue weighted by Crippen LogP contribution is -2.79. The third-order valence-electron chi connectivity index (χ3n) is 1.41. The Morgan fingerprint density at radius 3 is 3.00 bits per heavy atom. The maximum Gasteiger partial charge on any atom is 0.129 e. The number of allylic oxidation sites excluding steroid dienone is 1. The molecule has 4 nitrogen and oxygen atoms in total. The summed E-state index contributed by atoms with van der Waals surface area (Å²) in [7, 11) is 0. The van der Waals surface area contributed by atoms with Crippen LogP contribution in [0.2, 0.25) is 0 Å². The Bertz CT molecular complexity index is 125. The van der Waals surface area contributed by atoms with Gasteiger partial charge in [-0.1, -0.05) is 0 Å². The van der Waals surface area contributed by atoms with Crippen LogP contribution in [0.4, 0.5) is 0 Å². The van der Waals surface area contributed by atoms with Crippen molar-refractivity contribution in [3.05, 3.63) is 11.6 Å². The summed E-state index contributed by atoms with van der Waals surface area (Å²) in [5, 5.41) is 12.5. The average molecular weight is 130 g/mol. The molecule has 1 aliphatic heterocycles. The third-order valence-corrected chi connectivity index (χ3v) is 1.41. The van der Waals surface area contributed by atoms with Crippen LogP contribution in [0.3, 0.4) is 0 Å². The molecule has 0 amide bonds. The van der Waals surface area contributed by atoms with Crippen molar-refractivity contribution >= 4 is 0 Å². The molecule has 0 unspecified atom stereocenters. The Morgan fingerprint density at radius 1 is 1.78 bits per heavy atom. The minimum atomic E-state index is -0.382. The fourth-order valence-corrected chi connectivity index (χ4v) is 0.932. The zero-order valence-corrected chi connectivity index (χ0v) is 5.09. The molecule has 9 heavy (non-hydrogen) atoms. The first-order chi connectivity index (χ1) is 4.34. The van der Waals surface area contributed by atoms with E-state index in [1.807, 2.05) is 5.32 Å². The largest absolute Gasteiger partial charge is 0.545 e. The average Bonchev–Trinajstić information content (AvgIpc) is 2.37. The van der Waals surface area contributed by atoms with Crippen LogP contribution in [-0.4, -0.2) is 6.54 Å². The van der Waals surface area contributed by atoms with E-state index in [1.165, 1.54) is 0 Å². The molecule has 1 heterocycles. The van der Waals surface area contributed by atoms with Gasteiger partial charge in [0.15, 0.2) is 0 Å². The monoisotopic (exact) mass is 130 g/mol. The normalized spacial score (nSPS) is 24.1. The molecule has 0 aliphatic carbocycles. The molecular weight excluding hydrogens is 120 g/mol. The van der Waals surface area contributed by atoms with E-state index in [-0.39, 0.29) is 5.95 Å². The Balaban J connectivity index is 2.55. The number of quaternary nitrogens is 1. The van der Waals surface area contributed by atoms with Gasteiger partial charge in [0.05, 0.1) is 6.54 Å². The van der Waals surface area contributed by atoms with Crippen LogP contribution in [-0.2, 0) is 4.84 Å². The van der Waals surface area contributed by atoms with Crippen molar-refractivity contribution in [3.8, 4) is 0 Å². The van der Waals surface area contributed by atoms with Crippen LogP contribution < -0.4 is 16.3 Å². The molecule has 0 bridgehead atoms. The van der Waals surface area contributed by atoms with E-state index in [0.29, 0.717) is 0 Å². The minimum absolute atomic E-state index is 0.382. The van der Waals surface area contributed by atoms with Crippen LogP contribution >= 0.6 is 0 Å². The van der Waals surface area contributed by atoms with Crippen LogP contribution in [0.15, 0.2) is 11.6 Å². The lowest BCUT2D eigenvalue weighted by atomic mass is 10.3. The lowest BCUT2D eigenvalue weighted by molar-refractivity contribution is -0.601. The van der Waals surface area contributed by atoms with Gasteiger partial charge in [-0.2, -0.15) is 0 Å². The highest BCUT2D eigenvalue weighted by molar-refractivity contribution is 4.90. The van der Waals surface area contributed by atoms with Crippen LogP contribution in [0.25, 0.3) is 0 Å². The molecule has 1 aliphatic rings. The number of nitrogens with two attached hydrogens (primary N) is 2. The number of rotatable bonds is 1. The molecule has 52 valence electrons. The first-order valence-corrected chi connectivity index (χ1v) is 2.94. The van der Waals surface area contributed by atoms with Gasteiger partial charge in [0, 0.05) is 12.8 Å². The predicted octanol–water partition coefficient (Wildman–Crippen LogP) is -2.24. The van der Waals surface area contributed by atoms with Gasteiger partial charge in [0.25, 0.3) is 0 Å². The molecule has 0 aromatic rings. The Labute approximate surface area is 53.3 Å². The summed E-state index contributed by atoms with van der Waals surface area (Å²) in [6.07, 6.45) is 1.86. The van der Waals surface area contributed by atoms with Crippen LogP contribution in [0.5, 0.6) is 0 Å². The standard InChI is InChI=1S/C5H10N2O2/c6-9-5(8)4-2-1-3-7-4/h7-8H,1-3,6H2/b5-4-. The fraction of sp³-hybridized carbons (Fsp3) is 0.600. The molecule has 0 atom stereocenters. The highest BCUT2D eigenvalue weighted by Gasteiger charge is 2.11. The molecule has 1 saturated heterocycles. The summed E-state index contributed by atoms with van der Waals surface area (Å²) in [5.41, 5.74) is 0.720. The van der Waals surface area contributed by atoms with Gasteiger partial charge in [0.2, 0.25) is 0 Å². The topological polar surface area (TPSA) is 74.9 Å². The summed E-state index contributed by atoms with van der Waals surface area (Å²) < 4.78 is 0. The van der Waals surface area contributed by atoms with Gasteiger partial charge in [-0.25, -0.2) is 0 Å². The maximum atomic E-state index is 10.6. The van der Waals surface area contributed by atoms with Crippen molar-refractivity contribution in [2.75, 3.05) is 6.54 Å². The molecule has 0 spiro atoms. The van der Waals surface area contributed by atoms with Crippen molar-refractivity contribution in [2.24, 2.45) is 5.90 Å². The second-order valence-electron chi connectivity index (χ2n) is 2.03. The van der Waals surface area contributed by atoms with Gasteiger partial charge in [-0.15, -0.1) is 0 Å². The first kappa shape index (κ1) is 6.38. The SMILES string of the molecule is NO/C([O-])=C1/CCC[NH2+]1. The number of hydrogen-bond donors (Lipinski definition) is 2. The van der Waals surface area contributed by atoms with Crippen molar-refractivity contribution in [2.45, 2.75) is 12.8 Å². The first-order valence-electron chi connectivity index (χ1n) is 2.94. The molecule has 0 aromatic carbocycles. The van der Waals surface area contributed by atoms with Crippen LogP contribution in [0, 0.1) is 0 Å². The molecule has 0 saturated carbocycles. The Kier molecular flexibility index (Phi) is 1.92.